The highest BCUT2D eigenvalue weighted by Gasteiger charge is 2.32. The number of carbonyl (C=O) groups excluding carboxylic acids is 2. The van der Waals surface area contributed by atoms with Gasteiger partial charge in [0.15, 0.2) is 5.69 Å². The van der Waals surface area contributed by atoms with Crippen LogP contribution >= 0.6 is 0 Å². The van der Waals surface area contributed by atoms with Gasteiger partial charge in [0.1, 0.15) is 0 Å². The van der Waals surface area contributed by atoms with Crippen LogP contribution in [0.15, 0.2) is 0 Å². The zero-order chi connectivity index (χ0) is 14.2. The first-order valence-corrected chi connectivity index (χ1v) is 6.34. The molecule has 104 valence electrons. The molecule has 1 atom stereocenters. The molecule has 0 saturated carbocycles. The van der Waals surface area contributed by atoms with E-state index >= 15 is 0 Å². The molecule has 7 heteroatoms. The van der Waals surface area contributed by atoms with E-state index in [0.29, 0.717) is 25.2 Å². The van der Waals surface area contributed by atoms with Crippen LogP contribution in [0.2, 0.25) is 0 Å². The second kappa shape index (κ2) is 4.91. The Morgan fingerprint density at radius 2 is 2.16 bits per heavy atom. The number of H-pyrrole nitrogens is 1. The molecule has 1 aliphatic rings. The summed E-state index contributed by atoms with van der Waals surface area (Å²) < 4.78 is 0. The van der Waals surface area contributed by atoms with Gasteiger partial charge in [-0.1, -0.05) is 13.8 Å². The average Bonchev–Trinajstić information content (AvgIpc) is 2.94. The number of hydrogen-bond acceptors (Lipinski definition) is 4. The minimum Gasteiger partial charge on any atom is -0.395 e. The first-order chi connectivity index (χ1) is 8.91. The predicted molar refractivity (Wildman–Crippen MR) is 70.3 cm³/mol. The number of aromatic amines is 1. The van der Waals surface area contributed by atoms with Crippen molar-refractivity contribution in [1.82, 2.24) is 15.1 Å². The van der Waals surface area contributed by atoms with Crippen LogP contribution in [0.3, 0.4) is 0 Å². The van der Waals surface area contributed by atoms with Crippen molar-refractivity contribution in [2.75, 3.05) is 18.8 Å². The number of nitrogen functional groups attached to an aromatic ring is 1. The molecule has 19 heavy (non-hydrogen) atoms. The summed E-state index contributed by atoms with van der Waals surface area (Å²) in [5, 5.41) is 6.79. The van der Waals surface area contributed by atoms with Gasteiger partial charge in [-0.25, -0.2) is 0 Å². The predicted octanol–water partition coefficient (Wildman–Crippen LogP) is 0.0627. The Labute approximate surface area is 111 Å². The second-order valence-corrected chi connectivity index (χ2v) is 5.19. The number of nitrogens with zero attached hydrogens (tertiary/aromatic N) is 2. The number of hydrogen-bond donors (Lipinski definition) is 3. The SMILES string of the molecule is CC(C)c1[nH]nc(C(=O)N2CCC(C(N)=O)C2)c1N. The van der Waals surface area contributed by atoms with Gasteiger partial charge in [-0.05, 0) is 12.3 Å². The van der Waals surface area contributed by atoms with E-state index in [1.807, 2.05) is 13.8 Å². The zero-order valence-corrected chi connectivity index (χ0v) is 11.1. The minimum absolute atomic E-state index is 0.172. The highest BCUT2D eigenvalue weighted by Crippen LogP contribution is 2.25. The number of amides is 2. The Morgan fingerprint density at radius 1 is 1.47 bits per heavy atom. The van der Waals surface area contributed by atoms with Gasteiger partial charge in [0.25, 0.3) is 5.91 Å². The fourth-order valence-electron chi connectivity index (χ4n) is 2.29. The summed E-state index contributed by atoms with van der Waals surface area (Å²) in [6, 6.07) is 0. The average molecular weight is 265 g/mol. The topological polar surface area (TPSA) is 118 Å². The van der Waals surface area contributed by atoms with Crippen LogP contribution in [0.25, 0.3) is 0 Å². The Kier molecular flexibility index (Phi) is 3.46. The number of anilines is 1. The molecule has 0 aromatic carbocycles. The van der Waals surface area contributed by atoms with Crippen LogP contribution in [0.4, 0.5) is 5.69 Å². The number of nitrogens with one attached hydrogen (secondary N) is 1. The van der Waals surface area contributed by atoms with Gasteiger partial charge in [0.2, 0.25) is 5.91 Å². The van der Waals surface area contributed by atoms with Crippen molar-refractivity contribution in [3.63, 3.8) is 0 Å². The van der Waals surface area contributed by atoms with Crippen molar-refractivity contribution in [3.8, 4) is 0 Å². The fourth-order valence-corrected chi connectivity index (χ4v) is 2.29. The summed E-state index contributed by atoms with van der Waals surface area (Å²) in [4.78, 5) is 25.0. The van der Waals surface area contributed by atoms with Crippen molar-refractivity contribution < 1.29 is 9.59 Å². The maximum absolute atomic E-state index is 12.3. The van der Waals surface area contributed by atoms with Gasteiger partial charge in [0, 0.05) is 13.1 Å². The molecule has 2 amide bonds. The molecule has 1 saturated heterocycles. The van der Waals surface area contributed by atoms with Crippen LogP contribution in [0.1, 0.15) is 42.4 Å². The summed E-state index contributed by atoms with van der Waals surface area (Å²) in [6.45, 7) is 4.79. The lowest BCUT2D eigenvalue weighted by atomic mass is 10.1. The van der Waals surface area contributed by atoms with Crippen molar-refractivity contribution in [3.05, 3.63) is 11.4 Å². The van der Waals surface area contributed by atoms with Gasteiger partial charge in [-0.3, -0.25) is 14.7 Å². The number of aromatic nitrogens is 2. The largest absolute Gasteiger partial charge is 0.395 e. The maximum Gasteiger partial charge on any atom is 0.276 e. The Balaban J connectivity index is 2.15. The number of rotatable bonds is 3. The molecule has 1 aliphatic heterocycles. The normalized spacial score (nSPS) is 19.1. The highest BCUT2D eigenvalue weighted by molar-refractivity contribution is 5.98. The van der Waals surface area contributed by atoms with Crippen LogP contribution in [-0.4, -0.2) is 40.0 Å². The number of likely N-dealkylation sites (tertiary alicyclic amines) is 1. The van der Waals surface area contributed by atoms with E-state index < -0.39 is 0 Å². The lowest BCUT2D eigenvalue weighted by molar-refractivity contribution is -0.121. The monoisotopic (exact) mass is 265 g/mol. The third kappa shape index (κ3) is 2.40. The van der Waals surface area contributed by atoms with Gasteiger partial charge in [-0.2, -0.15) is 5.10 Å². The molecule has 0 radical (unpaired) electrons. The van der Waals surface area contributed by atoms with E-state index in [9.17, 15) is 9.59 Å². The molecule has 0 bridgehead atoms. The molecule has 1 unspecified atom stereocenters. The molecule has 2 rings (SSSR count). The van der Waals surface area contributed by atoms with E-state index in [4.69, 9.17) is 11.5 Å². The maximum atomic E-state index is 12.3. The first-order valence-electron chi connectivity index (χ1n) is 6.34. The summed E-state index contributed by atoms with van der Waals surface area (Å²) in [5.41, 5.74) is 12.6. The van der Waals surface area contributed by atoms with E-state index in [1.165, 1.54) is 0 Å². The highest BCUT2D eigenvalue weighted by atomic mass is 16.2. The molecule has 1 fully saturated rings. The minimum atomic E-state index is -0.367. The molecule has 7 nitrogen and oxygen atoms in total. The molecule has 1 aromatic rings. The second-order valence-electron chi connectivity index (χ2n) is 5.19. The molecule has 0 aliphatic carbocycles. The smallest absolute Gasteiger partial charge is 0.276 e. The first kappa shape index (κ1) is 13.4. The number of nitrogens with two attached hydrogens (primary N) is 2. The van der Waals surface area contributed by atoms with Crippen LogP contribution < -0.4 is 11.5 Å². The van der Waals surface area contributed by atoms with Crippen molar-refractivity contribution in [2.24, 2.45) is 11.7 Å². The summed E-state index contributed by atoms with van der Waals surface area (Å²) in [5.74, 6) is -0.711. The summed E-state index contributed by atoms with van der Waals surface area (Å²) in [7, 11) is 0. The summed E-state index contributed by atoms with van der Waals surface area (Å²) >= 11 is 0. The Morgan fingerprint density at radius 3 is 2.63 bits per heavy atom. The van der Waals surface area contributed by atoms with Crippen molar-refractivity contribution >= 4 is 17.5 Å². The van der Waals surface area contributed by atoms with E-state index in [-0.39, 0.29) is 29.3 Å². The van der Waals surface area contributed by atoms with E-state index in [1.54, 1.807) is 4.90 Å². The van der Waals surface area contributed by atoms with Gasteiger partial charge in [0.05, 0.1) is 17.3 Å². The lowest BCUT2D eigenvalue weighted by Crippen LogP contribution is -2.32. The van der Waals surface area contributed by atoms with Gasteiger partial charge >= 0.3 is 0 Å². The van der Waals surface area contributed by atoms with Crippen LogP contribution in [0.5, 0.6) is 0 Å². The Hall–Kier alpha value is -2.05. The van der Waals surface area contributed by atoms with Crippen molar-refractivity contribution in [2.45, 2.75) is 26.2 Å². The van der Waals surface area contributed by atoms with Gasteiger partial charge in [-0.15, -0.1) is 0 Å². The quantitative estimate of drug-likeness (QED) is 0.716. The fraction of sp³-hybridized carbons (Fsp3) is 0.583. The molecule has 1 aromatic heterocycles. The third-order valence-electron chi connectivity index (χ3n) is 3.49. The van der Waals surface area contributed by atoms with Crippen LogP contribution in [-0.2, 0) is 4.79 Å². The third-order valence-corrected chi connectivity index (χ3v) is 3.49. The number of carbonyl (C=O) groups is 2. The molecule has 5 N–H and O–H groups in total. The molecule has 0 spiro atoms. The van der Waals surface area contributed by atoms with E-state index in [0.717, 1.165) is 5.69 Å². The molecule has 2 heterocycles. The van der Waals surface area contributed by atoms with Gasteiger partial charge < -0.3 is 16.4 Å². The molecular formula is C12H19N5O2. The van der Waals surface area contributed by atoms with Crippen LogP contribution in [0, 0.1) is 5.92 Å². The van der Waals surface area contributed by atoms with Crippen molar-refractivity contribution in [1.29, 1.82) is 0 Å². The molecular weight excluding hydrogens is 246 g/mol. The Bertz CT molecular complexity index is 508. The van der Waals surface area contributed by atoms with E-state index in [2.05, 4.69) is 10.2 Å². The zero-order valence-electron chi connectivity index (χ0n) is 11.1. The number of primary amides is 1. The summed E-state index contributed by atoms with van der Waals surface area (Å²) in [6.07, 6.45) is 0.600. The lowest BCUT2D eigenvalue weighted by Gasteiger charge is -2.14. The standard InChI is InChI=1S/C12H19N5O2/c1-6(2)9-8(13)10(16-15-9)12(19)17-4-3-7(5-17)11(14)18/h6-7H,3-5,13H2,1-2H3,(H2,14,18)(H,15,16).